The van der Waals surface area contributed by atoms with Gasteiger partial charge in [-0.15, -0.1) is 0 Å². The molecule has 0 unspecified atom stereocenters. The Morgan fingerprint density at radius 1 is 1.35 bits per heavy atom. The molecule has 0 amide bonds. The lowest BCUT2D eigenvalue weighted by Crippen LogP contribution is -2.15. The zero-order valence-corrected chi connectivity index (χ0v) is 11.9. The Balaban J connectivity index is 3.03. The average Bonchev–Trinajstić information content (AvgIpc) is 2.27. The summed E-state index contributed by atoms with van der Waals surface area (Å²) in [4.78, 5) is 2.20. The molecule has 1 aromatic carbocycles. The fourth-order valence-electron chi connectivity index (χ4n) is 1.46. The fraction of sp³-hybridized carbons (Fsp3) is 0.455. The molecule has 1 aromatic rings. The fourth-order valence-corrected chi connectivity index (χ4v) is 2.33. The topological polar surface area (TPSA) is 46.6 Å². The number of aryl methyl sites for hydroxylation is 1. The van der Waals surface area contributed by atoms with Crippen molar-refractivity contribution in [1.29, 1.82) is 0 Å². The summed E-state index contributed by atoms with van der Waals surface area (Å²) in [5, 5.41) is 0. The monoisotopic (exact) mass is 275 g/mol. The molecule has 0 bridgehead atoms. The van der Waals surface area contributed by atoms with Crippen LogP contribution in [0.3, 0.4) is 0 Å². The molecule has 4 nitrogen and oxygen atoms in total. The molecule has 0 atom stereocenters. The van der Waals surface area contributed by atoms with Crippen LogP contribution in [0.4, 0.5) is 0 Å². The highest BCUT2D eigenvalue weighted by atomic mass is 32.3. The van der Waals surface area contributed by atoms with Crippen molar-refractivity contribution in [3.05, 3.63) is 29.3 Å². The maximum Gasteiger partial charge on any atom is 0.307 e. The van der Waals surface area contributed by atoms with E-state index in [4.69, 9.17) is 0 Å². The first kappa shape index (κ1) is 14.5. The number of benzene rings is 1. The van der Waals surface area contributed by atoms with E-state index in [0.29, 0.717) is 0 Å². The zero-order chi connectivity index (χ0) is 13.1. The highest BCUT2D eigenvalue weighted by molar-refractivity contribution is 7.95. The Bertz CT molecular complexity index is 483. The molecule has 0 N–H and O–H groups in total. The molecular formula is C11H17NO3S2. The van der Waals surface area contributed by atoms with Crippen LogP contribution in [0.25, 0.3) is 0 Å². The van der Waals surface area contributed by atoms with Crippen molar-refractivity contribution in [1.82, 2.24) is 4.90 Å². The molecule has 17 heavy (non-hydrogen) atoms. The first-order chi connectivity index (χ1) is 7.86. The summed E-state index contributed by atoms with van der Waals surface area (Å²) < 4.78 is 27.2. The first-order valence-corrected chi connectivity index (χ1v) is 6.96. The number of nitrogens with zero attached hydrogens (tertiary/aromatic N) is 1. The highest BCUT2D eigenvalue weighted by Crippen LogP contribution is 2.18. The number of likely N-dealkylation sites (N-methyl/N-ethyl adjacent to an activating group) is 1. The molecule has 0 radical (unpaired) electrons. The normalized spacial score (nSPS) is 12.1. The van der Waals surface area contributed by atoms with Gasteiger partial charge in [-0.3, -0.25) is 0 Å². The van der Waals surface area contributed by atoms with Crippen molar-refractivity contribution in [3.63, 3.8) is 0 Å². The van der Waals surface area contributed by atoms with Gasteiger partial charge in [-0.1, -0.05) is 6.07 Å². The molecule has 0 saturated carbocycles. The minimum absolute atomic E-state index is 0.145. The van der Waals surface area contributed by atoms with E-state index in [1.807, 2.05) is 21.0 Å². The quantitative estimate of drug-likeness (QED) is 0.655. The predicted octanol–water partition coefficient (Wildman–Crippen LogP) is 1.65. The summed E-state index contributed by atoms with van der Waals surface area (Å²) in [5.41, 5.74) is 2.08. The Kier molecular flexibility index (Phi) is 5.00. The van der Waals surface area contributed by atoms with Gasteiger partial charge in [0.2, 0.25) is 0 Å². The summed E-state index contributed by atoms with van der Waals surface area (Å²) >= 11 is 3.36. The van der Waals surface area contributed by atoms with Crippen LogP contribution >= 0.6 is 12.9 Å². The molecule has 0 aliphatic heterocycles. The van der Waals surface area contributed by atoms with Gasteiger partial charge in [-0.05, 0) is 63.6 Å². The molecule has 0 aliphatic carbocycles. The molecule has 0 aliphatic rings. The van der Waals surface area contributed by atoms with Crippen LogP contribution in [-0.4, -0.2) is 34.0 Å². The van der Waals surface area contributed by atoms with Gasteiger partial charge in [-0.2, -0.15) is 12.0 Å². The average molecular weight is 275 g/mol. The van der Waals surface area contributed by atoms with Gasteiger partial charge in [0, 0.05) is 6.54 Å². The van der Waals surface area contributed by atoms with Crippen LogP contribution in [0.15, 0.2) is 23.1 Å². The maximum absolute atomic E-state index is 11.5. The largest absolute Gasteiger partial charge is 0.309 e. The summed E-state index contributed by atoms with van der Waals surface area (Å²) in [6.07, 6.45) is 0.800. The molecule has 96 valence electrons. The van der Waals surface area contributed by atoms with E-state index in [0.717, 1.165) is 24.1 Å². The number of hydrogen-bond acceptors (Lipinski definition) is 5. The Morgan fingerprint density at radius 3 is 2.53 bits per heavy atom. The number of hydrogen-bond donors (Lipinski definition) is 1. The maximum atomic E-state index is 11.5. The van der Waals surface area contributed by atoms with Gasteiger partial charge in [0.05, 0.1) is 4.90 Å². The van der Waals surface area contributed by atoms with Crippen LogP contribution in [0, 0.1) is 6.92 Å². The van der Waals surface area contributed by atoms with E-state index in [1.54, 1.807) is 12.1 Å². The number of rotatable bonds is 5. The molecule has 6 heteroatoms. The lowest BCUT2D eigenvalue weighted by atomic mass is 10.1. The van der Waals surface area contributed by atoms with Crippen LogP contribution in [-0.2, 0) is 20.2 Å². The summed E-state index contributed by atoms with van der Waals surface area (Å²) in [7, 11) is 0.232. The Labute approximate surface area is 108 Å². The lowest BCUT2D eigenvalue weighted by molar-refractivity contribution is 0.413. The van der Waals surface area contributed by atoms with Crippen molar-refractivity contribution in [2.75, 3.05) is 20.6 Å². The van der Waals surface area contributed by atoms with Crippen molar-refractivity contribution in [2.24, 2.45) is 0 Å². The zero-order valence-electron chi connectivity index (χ0n) is 10.2. The van der Waals surface area contributed by atoms with Gasteiger partial charge in [-0.25, -0.2) is 0 Å². The van der Waals surface area contributed by atoms with E-state index in [9.17, 15) is 8.42 Å². The van der Waals surface area contributed by atoms with Gasteiger partial charge < -0.3 is 4.90 Å². The minimum atomic E-state index is -3.73. The second-order valence-corrected chi connectivity index (χ2v) is 6.15. The second kappa shape index (κ2) is 5.86. The van der Waals surface area contributed by atoms with Crippen molar-refractivity contribution in [2.45, 2.75) is 18.2 Å². The van der Waals surface area contributed by atoms with Gasteiger partial charge >= 0.3 is 10.1 Å². The van der Waals surface area contributed by atoms with Crippen molar-refractivity contribution in [3.8, 4) is 0 Å². The van der Waals surface area contributed by atoms with E-state index in [1.165, 1.54) is 6.07 Å². The lowest BCUT2D eigenvalue weighted by Gasteiger charge is -2.12. The summed E-state index contributed by atoms with van der Waals surface area (Å²) in [6, 6.07) is 4.95. The van der Waals surface area contributed by atoms with Crippen molar-refractivity contribution < 1.29 is 12.0 Å². The SMILES string of the molecule is Cc1ccc(S(=O)(=O)OS)cc1CCN(C)C. The minimum Gasteiger partial charge on any atom is -0.309 e. The van der Waals surface area contributed by atoms with Crippen LogP contribution < -0.4 is 0 Å². The van der Waals surface area contributed by atoms with E-state index >= 15 is 0 Å². The Hall–Kier alpha value is -0.560. The van der Waals surface area contributed by atoms with Crippen LogP contribution in [0.1, 0.15) is 11.1 Å². The smallest absolute Gasteiger partial charge is 0.307 e. The van der Waals surface area contributed by atoms with Crippen molar-refractivity contribution >= 4 is 23.0 Å². The third-order valence-corrected chi connectivity index (χ3v) is 4.15. The molecule has 0 spiro atoms. The molecule has 0 aromatic heterocycles. The van der Waals surface area contributed by atoms with E-state index < -0.39 is 10.1 Å². The standard InChI is InChI=1S/C11H17NO3S2/c1-9-4-5-11(17(13,14)15-16)8-10(9)6-7-12(2)3/h4-5,8,16H,6-7H2,1-3H3. The predicted molar refractivity (Wildman–Crippen MR) is 70.7 cm³/mol. The van der Waals surface area contributed by atoms with Gasteiger partial charge in [0.1, 0.15) is 0 Å². The van der Waals surface area contributed by atoms with Crippen LogP contribution in [0.2, 0.25) is 0 Å². The molecular weight excluding hydrogens is 258 g/mol. The van der Waals surface area contributed by atoms with Gasteiger partial charge in [0.25, 0.3) is 0 Å². The second-order valence-electron chi connectivity index (χ2n) is 4.17. The number of thiol groups is 1. The van der Waals surface area contributed by atoms with E-state index in [2.05, 4.69) is 21.4 Å². The molecule has 0 saturated heterocycles. The molecule has 0 fully saturated rings. The summed E-state index contributed by atoms with van der Waals surface area (Å²) in [5.74, 6) is 0. The molecule has 0 heterocycles. The highest BCUT2D eigenvalue weighted by Gasteiger charge is 2.15. The molecule has 1 rings (SSSR count). The van der Waals surface area contributed by atoms with Crippen LogP contribution in [0.5, 0.6) is 0 Å². The first-order valence-electron chi connectivity index (χ1n) is 5.19. The third kappa shape index (κ3) is 3.99. The summed E-state index contributed by atoms with van der Waals surface area (Å²) in [6.45, 7) is 2.83. The van der Waals surface area contributed by atoms with Gasteiger partial charge in [0.15, 0.2) is 0 Å². The Morgan fingerprint density at radius 2 is 2.00 bits per heavy atom. The third-order valence-electron chi connectivity index (χ3n) is 2.54. The van der Waals surface area contributed by atoms with E-state index in [-0.39, 0.29) is 4.90 Å².